The summed E-state index contributed by atoms with van der Waals surface area (Å²) in [4.78, 5) is 0. The number of benzene rings is 1. The highest BCUT2D eigenvalue weighted by Crippen LogP contribution is 2.09. The Morgan fingerprint density at radius 1 is 1.41 bits per heavy atom. The van der Waals surface area contributed by atoms with Crippen LogP contribution in [0.2, 0.25) is 0 Å². The number of hydrogen-bond donors (Lipinski definition) is 2. The molecule has 2 unspecified atom stereocenters. The third-order valence-electron chi connectivity index (χ3n) is 3.02. The average molecular weight is 227 g/mol. The summed E-state index contributed by atoms with van der Waals surface area (Å²) in [6.45, 7) is 3.60. The molecule has 1 aromatic rings. The van der Waals surface area contributed by atoms with Gasteiger partial charge in [-0.25, -0.2) is 0 Å². The van der Waals surface area contributed by atoms with Crippen LogP contribution < -0.4 is 10.6 Å². The molecule has 0 fully saturated rings. The van der Waals surface area contributed by atoms with Crippen molar-refractivity contribution in [2.24, 2.45) is 5.92 Å². The van der Waals surface area contributed by atoms with Gasteiger partial charge < -0.3 is 10.6 Å². The molecule has 0 aromatic heterocycles. The summed E-state index contributed by atoms with van der Waals surface area (Å²) in [6, 6.07) is 10.9. The van der Waals surface area contributed by atoms with E-state index in [2.05, 4.69) is 47.9 Å². The smallest absolute Gasteiger partial charge is 0.0824 e. The second kappa shape index (κ2) is 5.51. The molecule has 0 amide bonds. The number of hydrogen-bond acceptors (Lipinski definition) is 3. The van der Waals surface area contributed by atoms with E-state index in [4.69, 9.17) is 5.26 Å². The van der Waals surface area contributed by atoms with Gasteiger partial charge in [-0.15, -0.1) is 0 Å². The predicted molar refractivity (Wildman–Crippen MR) is 68.1 cm³/mol. The van der Waals surface area contributed by atoms with Gasteiger partial charge >= 0.3 is 0 Å². The molecule has 0 saturated heterocycles. The summed E-state index contributed by atoms with van der Waals surface area (Å²) in [7, 11) is 0. The molecular weight excluding hydrogens is 210 g/mol. The zero-order chi connectivity index (χ0) is 12.1. The Hall–Kier alpha value is -1.79. The molecule has 3 nitrogen and oxygen atoms in total. The molecule has 1 aliphatic rings. The van der Waals surface area contributed by atoms with Crippen molar-refractivity contribution in [1.29, 1.82) is 5.26 Å². The van der Waals surface area contributed by atoms with Gasteiger partial charge in [0.15, 0.2) is 0 Å². The average Bonchev–Trinajstić information content (AvgIpc) is 2.38. The van der Waals surface area contributed by atoms with Crippen molar-refractivity contribution in [3.63, 3.8) is 0 Å². The summed E-state index contributed by atoms with van der Waals surface area (Å²) in [5.41, 5.74) is 2.52. The van der Waals surface area contributed by atoms with Gasteiger partial charge in [-0.1, -0.05) is 35.9 Å². The number of rotatable bonds is 3. The van der Waals surface area contributed by atoms with Gasteiger partial charge in [-0.05, 0) is 18.7 Å². The maximum absolute atomic E-state index is 9.03. The summed E-state index contributed by atoms with van der Waals surface area (Å²) in [5, 5.41) is 15.5. The van der Waals surface area contributed by atoms with Gasteiger partial charge in [0.2, 0.25) is 0 Å². The second-order valence-corrected chi connectivity index (χ2v) is 4.40. The first kappa shape index (κ1) is 11.7. The first-order valence-corrected chi connectivity index (χ1v) is 5.88. The third-order valence-corrected chi connectivity index (χ3v) is 3.02. The molecule has 88 valence electrons. The van der Waals surface area contributed by atoms with Gasteiger partial charge in [0.05, 0.1) is 12.0 Å². The number of aryl methyl sites for hydroxylation is 1. The Kier molecular flexibility index (Phi) is 3.79. The lowest BCUT2D eigenvalue weighted by atomic mass is 9.98. The van der Waals surface area contributed by atoms with Gasteiger partial charge in [-0.3, -0.25) is 0 Å². The van der Waals surface area contributed by atoms with Gasteiger partial charge in [0.25, 0.3) is 0 Å². The molecule has 1 aromatic carbocycles. The number of nitrogens with one attached hydrogen (secondary N) is 2. The fourth-order valence-corrected chi connectivity index (χ4v) is 1.91. The van der Waals surface area contributed by atoms with E-state index in [1.54, 1.807) is 0 Å². The van der Waals surface area contributed by atoms with Crippen molar-refractivity contribution in [2.75, 3.05) is 6.54 Å². The molecule has 2 rings (SSSR count). The normalized spacial score (nSPS) is 22.8. The highest BCUT2D eigenvalue weighted by molar-refractivity contribution is 5.21. The van der Waals surface area contributed by atoms with Gasteiger partial charge in [0.1, 0.15) is 0 Å². The van der Waals surface area contributed by atoms with Crippen LogP contribution in [0.5, 0.6) is 0 Å². The van der Waals surface area contributed by atoms with Gasteiger partial charge in [0, 0.05) is 19.1 Å². The van der Waals surface area contributed by atoms with Crippen LogP contribution in [-0.4, -0.2) is 12.6 Å². The molecule has 0 radical (unpaired) electrons. The minimum absolute atomic E-state index is 0.00504. The van der Waals surface area contributed by atoms with Crippen LogP contribution in [0.4, 0.5) is 0 Å². The quantitative estimate of drug-likeness (QED) is 0.826. The third kappa shape index (κ3) is 3.08. The topological polar surface area (TPSA) is 47.8 Å². The molecule has 0 spiro atoms. The highest BCUT2D eigenvalue weighted by Gasteiger charge is 2.20. The lowest BCUT2D eigenvalue weighted by molar-refractivity contribution is 0.450. The van der Waals surface area contributed by atoms with E-state index in [0.717, 1.165) is 13.1 Å². The standard InChI is InChI=1S/C14H17N3/c1-11-2-4-12(5-3-11)9-17-14-6-7-16-10-13(14)8-15/h2-7,13-14,16-17H,9-10H2,1H3. The summed E-state index contributed by atoms with van der Waals surface area (Å²) in [5.74, 6) is 0.00504. The Bertz CT molecular complexity index is 428. The van der Waals surface area contributed by atoms with E-state index < -0.39 is 0 Å². The number of nitriles is 1. The van der Waals surface area contributed by atoms with Crippen molar-refractivity contribution in [1.82, 2.24) is 10.6 Å². The van der Waals surface area contributed by atoms with Crippen molar-refractivity contribution in [3.05, 3.63) is 47.7 Å². The van der Waals surface area contributed by atoms with Crippen LogP contribution >= 0.6 is 0 Å². The molecular formula is C14H17N3. The minimum atomic E-state index is 0.00504. The molecule has 1 aliphatic heterocycles. The fraction of sp³-hybridized carbons (Fsp3) is 0.357. The largest absolute Gasteiger partial charge is 0.390 e. The van der Waals surface area contributed by atoms with E-state index in [9.17, 15) is 0 Å². The zero-order valence-corrected chi connectivity index (χ0v) is 9.98. The SMILES string of the molecule is Cc1ccc(CNC2C=CNCC2C#N)cc1. The van der Waals surface area contributed by atoms with E-state index in [0.29, 0.717) is 0 Å². The van der Waals surface area contributed by atoms with E-state index in [1.165, 1.54) is 11.1 Å². The first-order valence-electron chi connectivity index (χ1n) is 5.88. The molecule has 0 aliphatic carbocycles. The van der Waals surface area contributed by atoms with Crippen LogP contribution in [0.1, 0.15) is 11.1 Å². The molecule has 17 heavy (non-hydrogen) atoms. The predicted octanol–water partition coefficient (Wildman–Crippen LogP) is 1.71. The Labute approximate surface area is 102 Å². The maximum atomic E-state index is 9.03. The summed E-state index contributed by atoms with van der Waals surface area (Å²) < 4.78 is 0. The van der Waals surface area contributed by atoms with Crippen molar-refractivity contribution >= 4 is 0 Å². The molecule has 0 saturated carbocycles. The maximum Gasteiger partial charge on any atom is 0.0824 e. The monoisotopic (exact) mass is 227 g/mol. The number of nitrogens with zero attached hydrogens (tertiary/aromatic N) is 1. The van der Waals surface area contributed by atoms with Crippen molar-refractivity contribution in [2.45, 2.75) is 19.5 Å². The van der Waals surface area contributed by atoms with Crippen LogP contribution in [0, 0.1) is 24.2 Å². The van der Waals surface area contributed by atoms with Crippen LogP contribution in [0.15, 0.2) is 36.5 Å². The van der Waals surface area contributed by atoms with Crippen molar-refractivity contribution < 1.29 is 0 Å². The van der Waals surface area contributed by atoms with Crippen molar-refractivity contribution in [3.8, 4) is 6.07 Å². The van der Waals surface area contributed by atoms with E-state index in [-0.39, 0.29) is 12.0 Å². The highest BCUT2D eigenvalue weighted by atomic mass is 15.0. The fourth-order valence-electron chi connectivity index (χ4n) is 1.91. The van der Waals surface area contributed by atoms with E-state index in [1.807, 2.05) is 12.3 Å². The lowest BCUT2D eigenvalue weighted by Crippen LogP contribution is -2.41. The summed E-state index contributed by atoms with van der Waals surface area (Å²) >= 11 is 0. The molecule has 3 heteroatoms. The van der Waals surface area contributed by atoms with Crippen LogP contribution in [0.25, 0.3) is 0 Å². The Balaban J connectivity index is 1.93. The molecule has 1 heterocycles. The molecule has 2 N–H and O–H groups in total. The summed E-state index contributed by atoms with van der Waals surface area (Å²) in [6.07, 6.45) is 3.94. The second-order valence-electron chi connectivity index (χ2n) is 4.40. The zero-order valence-electron chi connectivity index (χ0n) is 9.98. The Morgan fingerprint density at radius 2 is 2.18 bits per heavy atom. The molecule has 2 atom stereocenters. The first-order chi connectivity index (χ1) is 8.29. The minimum Gasteiger partial charge on any atom is -0.390 e. The Morgan fingerprint density at radius 3 is 2.88 bits per heavy atom. The van der Waals surface area contributed by atoms with Gasteiger partial charge in [-0.2, -0.15) is 5.26 Å². The van der Waals surface area contributed by atoms with Crippen LogP contribution in [0.3, 0.4) is 0 Å². The lowest BCUT2D eigenvalue weighted by Gasteiger charge is -2.24. The van der Waals surface area contributed by atoms with E-state index >= 15 is 0 Å². The molecule has 0 bridgehead atoms. The van der Waals surface area contributed by atoms with Crippen LogP contribution in [-0.2, 0) is 6.54 Å².